The Morgan fingerprint density at radius 3 is 2.43 bits per heavy atom. The van der Waals surface area contributed by atoms with E-state index in [1.807, 2.05) is 12.1 Å². The molecule has 0 saturated heterocycles. The van der Waals surface area contributed by atoms with Gasteiger partial charge in [-0.3, -0.25) is 9.59 Å². The van der Waals surface area contributed by atoms with E-state index in [9.17, 15) is 9.59 Å². The van der Waals surface area contributed by atoms with Crippen molar-refractivity contribution in [3.05, 3.63) is 59.4 Å². The van der Waals surface area contributed by atoms with Crippen LogP contribution in [-0.2, 0) is 4.79 Å². The highest BCUT2D eigenvalue weighted by atomic mass is 16.5. The molecule has 0 bridgehead atoms. The molecule has 0 amide bonds. The van der Waals surface area contributed by atoms with E-state index in [1.165, 1.54) is 13.0 Å². The van der Waals surface area contributed by atoms with Crippen LogP contribution in [0.2, 0.25) is 0 Å². The van der Waals surface area contributed by atoms with Crippen LogP contribution in [0, 0.1) is 0 Å². The van der Waals surface area contributed by atoms with Gasteiger partial charge in [0.05, 0.1) is 12.7 Å². The van der Waals surface area contributed by atoms with Crippen LogP contribution in [0.3, 0.4) is 0 Å². The number of benzene rings is 2. The summed E-state index contributed by atoms with van der Waals surface area (Å²) in [5, 5.41) is 0. The first-order valence-electron chi connectivity index (χ1n) is 6.97. The van der Waals surface area contributed by atoms with E-state index >= 15 is 0 Å². The number of Topliss-reactive ketones (excluding diaryl/α,β-unsaturated/α-hetero) is 1. The molecule has 23 heavy (non-hydrogen) atoms. The lowest BCUT2D eigenvalue weighted by molar-refractivity contribution is -0.131. The van der Waals surface area contributed by atoms with Gasteiger partial charge in [-0.15, -0.1) is 0 Å². The zero-order chi connectivity index (χ0) is 16.4. The maximum absolute atomic E-state index is 12.3. The van der Waals surface area contributed by atoms with Gasteiger partial charge < -0.3 is 14.2 Å². The van der Waals surface area contributed by atoms with E-state index in [-0.39, 0.29) is 11.5 Å². The third-order valence-electron chi connectivity index (χ3n) is 3.32. The number of rotatable bonds is 3. The number of allylic oxidation sites excluding steroid dienone is 1. The van der Waals surface area contributed by atoms with E-state index in [2.05, 4.69) is 0 Å². The lowest BCUT2D eigenvalue weighted by Gasteiger charge is -2.03. The number of carbonyl (C=O) groups is 2. The Morgan fingerprint density at radius 2 is 1.78 bits per heavy atom. The van der Waals surface area contributed by atoms with Crippen LogP contribution in [-0.4, -0.2) is 18.9 Å². The molecule has 0 spiro atoms. The van der Waals surface area contributed by atoms with Gasteiger partial charge in [0, 0.05) is 13.0 Å². The average molecular weight is 310 g/mol. The smallest absolute Gasteiger partial charge is 0.308 e. The average Bonchev–Trinajstić information content (AvgIpc) is 2.83. The van der Waals surface area contributed by atoms with Gasteiger partial charge >= 0.3 is 5.97 Å². The zero-order valence-electron chi connectivity index (χ0n) is 12.7. The normalized spacial score (nSPS) is 14.3. The van der Waals surface area contributed by atoms with Gasteiger partial charge in [-0.25, -0.2) is 0 Å². The second-order valence-corrected chi connectivity index (χ2v) is 4.96. The number of esters is 1. The van der Waals surface area contributed by atoms with Crippen molar-refractivity contribution in [2.45, 2.75) is 6.92 Å². The van der Waals surface area contributed by atoms with Crippen molar-refractivity contribution in [1.82, 2.24) is 0 Å². The predicted molar refractivity (Wildman–Crippen MR) is 83.7 cm³/mol. The van der Waals surface area contributed by atoms with Crippen molar-refractivity contribution in [2.75, 3.05) is 7.11 Å². The summed E-state index contributed by atoms with van der Waals surface area (Å²) in [5.74, 6) is 1.06. The standard InChI is InChI=1S/C18H14O5/c1-11(19)22-14-7-8-15-16(10-14)23-17(18(15)20)9-12-3-5-13(21-2)6-4-12/h3-10H,1-2H3. The maximum Gasteiger partial charge on any atom is 0.308 e. The summed E-state index contributed by atoms with van der Waals surface area (Å²) in [5.41, 5.74) is 1.27. The molecule has 2 aromatic carbocycles. The van der Waals surface area contributed by atoms with Crippen molar-refractivity contribution in [3.8, 4) is 17.2 Å². The van der Waals surface area contributed by atoms with Gasteiger partial charge in [0.2, 0.25) is 5.78 Å². The molecule has 2 aromatic rings. The summed E-state index contributed by atoms with van der Waals surface area (Å²) in [6, 6.07) is 12.0. The molecule has 0 aromatic heterocycles. The minimum absolute atomic E-state index is 0.204. The summed E-state index contributed by atoms with van der Waals surface area (Å²) in [6.45, 7) is 1.31. The van der Waals surface area contributed by atoms with Crippen molar-refractivity contribution in [2.24, 2.45) is 0 Å². The van der Waals surface area contributed by atoms with Gasteiger partial charge in [0.25, 0.3) is 0 Å². The van der Waals surface area contributed by atoms with Crippen LogP contribution in [0.4, 0.5) is 0 Å². The fourth-order valence-electron chi connectivity index (χ4n) is 2.25. The highest BCUT2D eigenvalue weighted by molar-refractivity contribution is 6.14. The number of hydrogen-bond donors (Lipinski definition) is 0. The first kappa shape index (κ1) is 14.8. The van der Waals surface area contributed by atoms with E-state index in [0.29, 0.717) is 17.1 Å². The molecule has 0 fully saturated rings. The highest BCUT2D eigenvalue weighted by Crippen LogP contribution is 2.35. The Kier molecular flexibility index (Phi) is 3.85. The molecule has 0 unspecified atom stereocenters. The van der Waals surface area contributed by atoms with Crippen molar-refractivity contribution in [1.29, 1.82) is 0 Å². The third kappa shape index (κ3) is 3.08. The largest absolute Gasteiger partial charge is 0.497 e. The fraction of sp³-hybridized carbons (Fsp3) is 0.111. The second kappa shape index (κ2) is 5.96. The molecule has 1 aliphatic heterocycles. The molecular weight excluding hydrogens is 296 g/mol. The molecule has 5 nitrogen and oxygen atoms in total. The highest BCUT2D eigenvalue weighted by Gasteiger charge is 2.27. The van der Waals surface area contributed by atoms with Gasteiger partial charge in [0.1, 0.15) is 17.2 Å². The monoisotopic (exact) mass is 310 g/mol. The lowest BCUT2D eigenvalue weighted by Crippen LogP contribution is -2.01. The van der Waals surface area contributed by atoms with E-state index in [4.69, 9.17) is 14.2 Å². The number of ether oxygens (including phenoxy) is 3. The number of ketones is 1. The number of hydrogen-bond acceptors (Lipinski definition) is 5. The van der Waals surface area contributed by atoms with Crippen molar-refractivity contribution < 1.29 is 23.8 Å². The molecule has 0 atom stereocenters. The zero-order valence-corrected chi connectivity index (χ0v) is 12.7. The lowest BCUT2D eigenvalue weighted by atomic mass is 10.1. The molecule has 0 saturated carbocycles. The first-order chi connectivity index (χ1) is 11.1. The Labute approximate surface area is 133 Å². The molecule has 3 rings (SSSR count). The Balaban J connectivity index is 1.87. The molecular formula is C18H14O5. The van der Waals surface area contributed by atoms with Crippen LogP contribution < -0.4 is 14.2 Å². The van der Waals surface area contributed by atoms with E-state index in [0.717, 1.165) is 11.3 Å². The minimum Gasteiger partial charge on any atom is -0.497 e. The predicted octanol–water partition coefficient (Wildman–Crippen LogP) is 3.24. The van der Waals surface area contributed by atoms with Gasteiger partial charge in [-0.2, -0.15) is 0 Å². The molecule has 0 radical (unpaired) electrons. The molecule has 0 N–H and O–H groups in total. The summed E-state index contributed by atoms with van der Waals surface area (Å²) in [7, 11) is 1.59. The summed E-state index contributed by atoms with van der Waals surface area (Å²) in [6.07, 6.45) is 1.66. The fourth-order valence-corrected chi connectivity index (χ4v) is 2.25. The van der Waals surface area contributed by atoms with E-state index in [1.54, 1.807) is 37.5 Å². The Bertz CT molecular complexity index is 803. The van der Waals surface area contributed by atoms with Crippen LogP contribution in [0.15, 0.2) is 48.2 Å². The van der Waals surface area contributed by atoms with Crippen LogP contribution >= 0.6 is 0 Å². The first-order valence-corrected chi connectivity index (χ1v) is 6.97. The minimum atomic E-state index is -0.428. The molecule has 5 heteroatoms. The SMILES string of the molecule is COc1ccc(C=C2Oc3cc(OC(C)=O)ccc3C2=O)cc1. The quantitative estimate of drug-likeness (QED) is 0.495. The second-order valence-electron chi connectivity index (χ2n) is 4.96. The number of fused-ring (bicyclic) bond motifs is 1. The van der Waals surface area contributed by atoms with Crippen molar-refractivity contribution in [3.63, 3.8) is 0 Å². The molecule has 1 aliphatic rings. The summed E-state index contributed by atoms with van der Waals surface area (Å²) < 4.78 is 15.7. The number of carbonyl (C=O) groups excluding carboxylic acids is 2. The molecule has 1 heterocycles. The summed E-state index contributed by atoms with van der Waals surface area (Å²) in [4.78, 5) is 23.3. The van der Waals surface area contributed by atoms with Crippen LogP contribution in [0.5, 0.6) is 17.2 Å². The Hall–Kier alpha value is -3.08. The Morgan fingerprint density at radius 1 is 1.09 bits per heavy atom. The molecule has 116 valence electrons. The topological polar surface area (TPSA) is 61.8 Å². The van der Waals surface area contributed by atoms with Crippen LogP contribution in [0.1, 0.15) is 22.8 Å². The number of methoxy groups -OCH3 is 1. The molecule has 0 aliphatic carbocycles. The van der Waals surface area contributed by atoms with Gasteiger partial charge in [-0.05, 0) is 35.9 Å². The van der Waals surface area contributed by atoms with Crippen molar-refractivity contribution >= 4 is 17.8 Å². The van der Waals surface area contributed by atoms with Gasteiger partial charge in [-0.1, -0.05) is 12.1 Å². The maximum atomic E-state index is 12.3. The van der Waals surface area contributed by atoms with E-state index < -0.39 is 5.97 Å². The third-order valence-corrected chi connectivity index (χ3v) is 3.32. The van der Waals surface area contributed by atoms with Crippen LogP contribution in [0.25, 0.3) is 6.08 Å². The van der Waals surface area contributed by atoms with Gasteiger partial charge in [0.15, 0.2) is 5.76 Å². The summed E-state index contributed by atoms with van der Waals surface area (Å²) >= 11 is 0.